The lowest BCUT2D eigenvalue weighted by Gasteiger charge is -2.10. The molecule has 8 nitrogen and oxygen atoms in total. The number of amides is 2. The molecule has 1 atom stereocenters. The van der Waals surface area contributed by atoms with E-state index in [4.69, 9.17) is 21.1 Å². The standard InChI is InChI=1S/C21H19ClN4O4/c1-29-17-8-7-12(9-18(17)30-2)13-11-23-26-16(21(28)25-20(13)26)10-19(27)24-15-6-4-3-5-14(15)22/h3-9,11,16H,10H2,1-2H3,(H,24,27)(H,25,28). The van der Waals surface area contributed by atoms with Crippen LogP contribution < -0.4 is 20.1 Å². The largest absolute Gasteiger partial charge is 0.493 e. The number of rotatable bonds is 6. The van der Waals surface area contributed by atoms with Crippen LogP contribution in [0.4, 0.5) is 11.5 Å². The van der Waals surface area contributed by atoms with Gasteiger partial charge in [-0.05, 0) is 29.8 Å². The van der Waals surface area contributed by atoms with E-state index in [9.17, 15) is 9.59 Å². The van der Waals surface area contributed by atoms with Crippen molar-refractivity contribution in [2.75, 3.05) is 24.9 Å². The number of para-hydroxylation sites is 1. The summed E-state index contributed by atoms with van der Waals surface area (Å²) < 4.78 is 12.1. The second kappa shape index (κ2) is 8.08. The van der Waals surface area contributed by atoms with E-state index in [1.807, 2.05) is 6.07 Å². The fourth-order valence-electron chi connectivity index (χ4n) is 3.37. The molecule has 0 radical (unpaired) electrons. The van der Waals surface area contributed by atoms with Gasteiger partial charge < -0.3 is 20.1 Å². The van der Waals surface area contributed by atoms with Crippen molar-refractivity contribution in [3.05, 3.63) is 53.7 Å². The molecule has 0 saturated heterocycles. The van der Waals surface area contributed by atoms with Gasteiger partial charge in [0.2, 0.25) is 5.91 Å². The van der Waals surface area contributed by atoms with E-state index in [0.717, 1.165) is 11.1 Å². The van der Waals surface area contributed by atoms with Crippen LogP contribution in [0, 0.1) is 0 Å². The third-order valence-electron chi connectivity index (χ3n) is 4.86. The predicted molar refractivity (Wildman–Crippen MR) is 113 cm³/mol. The molecule has 1 aliphatic rings. The highest BCUT2D eigenvalue weighted by molar-refractivity contribution is 6.33. The summed E-state index contributed by atoms with van der Waals surface area (Å²) >= 11 is 6.08. The van der Waals surface area contributed by atoms with Gasteiger partial charge in [0, 0.05) is 5.56 Å². The Hall–Kier alpha value is -3.52. The van der Waals surface area contributed by atoms with Crippen molar-refractivity contribution >= 4 is 34.9 Å². The summed E-state index contributed by atoms with van der Waals surface area (Å²) in [6.07, 6.45) is 1.58. The average Bonchev–Trinajstić information content (AvgIpc) is 3.28. The lowest BCUT2D eigenvalue weighted by Crippen LogP contribution is -2.23. The van der Waals surface area contributed by atoms with Crippen molar-refractivity contribution < 1.29 is 19.1 Å². The molecular formula is C21H19ClN4O4. The van der Waals surface area contributed by atoms with Crippen LogP contribution in [0.3, 0.4) is 0 Å². The molecule has 0 aliphatic carbocycles. The Balaban J connectivity index is 1.57. The van der Waals surface area contributed by atoms with E-state index < -0.39 is 6.04 Å². The van der Waals surface area contributed by atoms with Crippen LogP contribution in [0.15, 0.2) is 48.7 Å². The molecule has 2 amide bonds. The summed E-state index contributed by atoms with van der Waals surface area (Å²) in [6, 6.07) is 11.6. The Bertz CT molecular complexity index is 1130. The van der Waals surface area contributed by atoms with Crippen LogP contribution in [0.1, 0.15) is 12.5 Å². The van der Waals surface area contributed by atoms with E-state index in [1.54, 1.807) is 56.8 Å². The van der Waals surface area contributed by atoms with E-state index >= 15 is 0 Å². The highest BCUT2D eigenvalue weighted by Crippen LogP contribution is 2.39. The van der Waals surface area contributed by atoms with Crippen molar-refractivity contribution in [2.45, 2.75) is 12.5 Å². The van der Waals surface area contributed by atoms with Gasteiger partial charge in [0.15, 0.2) is 11.5 Å². The summed E-state index contributed by atoms with van der Waals surface area (Å²) in [5, 5.41) is 10.3. The fraction of sp³-hybridized carbons (Fsp3) is 0.190. The van der Waals surface area contributed by atoms with E-state index in [2.05, 4.69) is 15.7 Å². The first kappa shape index (κ1) is 19.8. The monoisotopic (exact) mass is 426 g/mol. The average molecular weight is 427 g/mol. The summed E-state index contributed by atoms with van der Waals surface area (Å²) in [4.78, 5) is 25.0. The number of nitrogens with zero attached hydrogens (tertiary/aromatic N) is 2. The molecule has 2 N–H and O–H groups in total. The van der Waals surface area contributed by atoms with Gasteiger partial charge in [-0.1, -0.05) is 29.8 Å². The fourth-order valence-corrected chi connectivity index (χ4v) is 3.55. The maximum absolute atomic E-state index is 12.5. The number of anilines is 2. The molecule has 0 spiro atoms. The second-order valence-electron chi connectivity index (χ2n) is 6.66. The minimum absolute atomic E-state index is 0.0723. The minimum atomic E-state index is -0.753. The Kier molecular flexibility index (Phi) is 5.33. The third-order valence-corrected chi connectivity index (χ3v) is 5.19. The topological polar surface area (TPSA) is 94.5 Å². The highest BCUT2D eigenvalue weighted by Gasteiger charge is 2.35. The molecule has 1 aromatic heterocycles. The summed E-state index contributed by atoms with van der Waals surface area (Å²) in [6.45, 7) is 0. The summed E-state index contributed by atoms with van der Waals surface area (Å²) in [7, 11) is 3.12. The molecule has 1 aliphatic heterocycles. The second-order valence-corrected chi connectivity index (χ2v) is 7.07. The number of benzene rings is 2. The molecule has 0 bridgehead atoms. The molecule has 2 heterocycles. The number of aromatic nitrogens is 2. The van der Waals surface area contributed by atoms with Crippen LogP contribution in [0.25, 0.3) is 11.1 Å². The Morgan fingerprint density at radius 3 is 2.70 bits per heavy atom. The number of hydrogen-bond donors (Lipinski definition) is 2. The Morgan fingerprint density at radius 2 is 1.97 bits per heavy atom. The molecule has 2 aromatic carbocycles. The zero-order chi connectivity index (χ0) is 21.3. The highest BCUT2D eigenvalue weighted by atomic mass is 35.5. The summed E-state index contributed by atoms with van der Waals surface area (Å²) in [5.41, 5.74) is 2.02. The van der Waals surface area contributed by atoms with Gasteiger partial charge in [0.05, 0.1) is 37.5 Å². The summed E-state index contributed by atoms with van der Waals surface area (Å²) in [5.74, 6) is 1.06. The first-order valence-electron chi connectivity index (χ1n) is 9.17. The maximum atomic E-state index is 12.5. The zero-order valence-corrected chi connectivity index (χ0v) is 17.1. The van der Waals surface area contributed by atoms with Gasteiger partial charge in [-0.15, -0.1) is 0 Å². The molecule has 0 fully saturated rings. The lowest BCUT2D eigenvalue weighted by molar-refractivity contribution is -0.123. The number of halogens is 1. The van der Waals surface area contributed by atoms with E-state index in [0.29, 0.717) is 28.0 Å². The number of carbonyl (C=O) groups excluding carboxylic acids is 2. The van der Waals surface area contributed by atoms with Gasteiger partial charge in [-0.3, -0.25) is 9.59 Å². The van der Waals surface area contributed by atoms with Crippen LogP contribution >= 0.6 is 11.6 Å². The molecule has 9 heteroatoms. The van der Waals surface area contributed by atoms with Crippen LogP contribution in [-0.4, -0.2) is 35.8 Å². The van der Waals surface area contributed by atoms with Crippen LogP contribution in [-0.2, 0) is 9.59 Å². The predicted octanol–water partition coefficient (Wildman–Crippen LogP) is 3.74. The van der Waals surface area contributed by atoms with Crippen molar-refractivity contribution in [3.8, 4) is 22.6 Å². The van der Waals surface area contributed by atoms with Crippen molar-refractivity contribution in [1.29, 1.82) is 0 Å². The molecule has 30 heavy (non-hydrogen) atoms. The van der Waals surface area contributed by atoms with Gasteiger partial charge in [-0.2, -0.15) is 5.10 Å². The molecule has 1 unspecified atom stereocenters. The molecule has 3 aromatic rings. The quantitative estimate of drug-likeness (QED) is 0.626. The molecule has 0 saturated carbocycles. The van der Waals surface area contributed by atoms with E-state index in [1.165, 1.54) is 4.68 Å². The SMILES string of the molecule is COc1ccc(-c2cnn3c2NC(=O)C3CC(=O)Nc2ccccc2Cl)cc1OC. The molecular weight excluding hydrogens is 408 g/mol. The number of nitrogens with one attached hydrogen (secondary N) is 2. The van der Waals surface area contributed by atoms with Gasteiger partial charge in [0.25, 0.3) is 5.91 Å². The van der Waals surface area contributed by atoms with Crippen LogP contribution in [0.5, 0.6) is 11.5 Å². The van der Waals surface area contributed by atoms with Crippen molar-refractivity contribution in [1.82, 2.24) is 9.78 Å². The number of hydrogen-bond acceptors (Lipinski definition) is 5. The number of methoxy groups -OCH3 is 2. The maximum Gasteiger partial charge on any atom is 0.251 e. The van der Waals surface area contributed by atoms with E-state index in [-0.39, 0.29) is 18.2 Å². The normalized spacial score (nSPS) is 14.8. The third kappa shape index (κ3) is 3.57. The molecule has 154 valence electrons. The van der Waals surface area contributed by atoms with Gasteiger partial charge >= 0.3 is 0 Å². The molecule has 4 rings (SSSR count). The first-order chi connectivity index (χ1) is 14.5. The lowest BCUT2D eigenvalue weighted by atomic mass is 10.1. The van der Waals surface area contributed by atoms with Crippen LogP contribution in [0.2, 0.25) is 5.02 Å². The first-order valence-corrected chi connectivity index (χ1v) is 9.54. The Labute approximate surface area is 177 Å². The number of fused-ring (bicyclic) bond motifs is 1. The zero-order valence-electron chi connectivity index (χ0n) is 16.3. The number of ether oxygens (including phenoxy) is 2. The van der Waals surface area contributed by atoms with Gasteiger partial charge in [-0.25, -0.2) is 4.68 Å². The van der Waals surface area contributed by atoms with Crippen molar-refractivity contribution in [2.24, 2.45) is 0 Å². The Morgan fingerprint density at radius 1 is 1.20 bits per heavy atom. The van der Waals surface area contributed by atoms with Gasteiger partial charge in [0.1, 0.15) is 11.9 Å². The van der Waals surface area contributed by atoms with Crippen molar-refractivity contribution in [3.63, 3.8) is 0 Å². The smallest absolute Gasteiger partial charge is 0.251 e. The number of carbonyl (C=O) groups is 2. The minimum Gasteiger partial charge on any atom is -0.493 e.